The number of amides is 1. The van der Waals surface area contributed by atoms with Crippen LogP contribution in [0.4, 0.5) is 15.8 Å². The van der Waals surface area contributed by atoms with Gasteiger partial charge in [0.2, 0.25) is 0 Å². The van der Waals surface area contributed by atoms with Gasteiger partial charge in [0.1, 0.15) is 5.82 Å². The third-order valence-corrected chi connectivity index (χ3v) is 6.06. The van der Waals surface area contributed by atoms with Crippen molar-refractivity contribution in [3.05, 3.63) is 84.2 Å². The first kappa shape index (κ1) is 19.9. The fraction of sp³-hybridized carbons (Fsp3) is 0.0500. The Kier molecular flexibility index (Phi) is 6.01. The molecule has 1 amide bonds. The highest BCUT2D eigenvalue weighted by molar-refractivity contribution is 7.98. The Bertz CT molecular complexity index is 1080. The van der Waals surface area contributed by atoms with Crippen LogP contribution < -0.4 is 10.0 Å². The van der Waals surface area contributed by atoms with Crippen LogP contribution in [-0.4, -0.2) is 20.6 Å². The average Bonchev–Trinajstić information content (AvgIpc) is 2.69. The van der Waals surface area contributed by atoms with Crippen LogP contribution in [0.3, 0.4) is 0 Å². The molecule has 144 valence electrons. The standard InChI is InChI=1S/C20H17FN2O3S2/c1-27-19-5-3-2-4-18(19)20(24)22-15-8-10-16(11-9-15)23-28(25,26)17-12-6-14(21)7-13-17/h2-13,23H,1H3,(H,22,24). The highest BCUT2D eigenvalue weighted by Gasteiger charge is 2.15. The Labute approximate surface area is 167 Å². The summed E-state index contributed by atoms with van der Waals surface area (Å²) in [6.45, 7) is 0. The molecule has 0 aliphatic carbocycles. The van der Waals surface area contributed by atoms with E-state index in [1.165, 1.54) is 36.0 Å². The van der Waals surface area contributed by atoms with E-state index in [-0.39, 0.29) is 10.8 Å². The van der Waals surface area contributed by atoms with Gasteiger partial charge in [-0.3, -0.25) is 9.52 Å². The fourth-order valence-corrected chi connectivity index (χ4v) is 4.13. The first-order chi connectivity index (χ1) is 13.4. The molecule has 0 aliphatic heterocycles. The number of hydrogen-bond acceptors (Lipinski definition) is 4. The predicted molar refractivity (Wildman–Crippen MR) is 110 cm³/mol. The summed E-state index contributed by atoms with van der Waals surface area (Å²) in [6, 6.07) is 18.1. The molecule has 3 aromatic carbocycles. The second-order valence-electron chi connectivity index (χ2n) is 5.79. The molecule has 0 atom stereocenters. The van der Waals surface area contributed by atoms with Crippen LogP contribution in [-0.2, 0) is 10.0 Å². The van der Waals surface area contributed by atoms with Crippen molar-refractivity contribution in [3.63, 3.8) is 0 Å². The van der Waals surface area contributed by atoms with E-state index in [1.807, 2.05) is 18.4 Å². The summed E-state index contributed by atoms with van der Waals surface area (Å²) in [4.78, 5) is 13.3. The summed E-state index contributed by atoms with van der Waals surface area (Å²) in [6.07, 6.45) is 1.90. The number of sulfonamides is 1. The van der Waals surface area contributed by atoms with Crippen molar-refractivity contribution in [2.45, 2.75) is 9.79 Å². The van der Waals surface area contributed by atoms with E-state index in [0.717, 1.165) is 17.0 Å². The number of carbonyl (C=O) groups is 1. The first-order valence-corrected chi connectivity index (χ1v) is 10.9. The second-order valence-corrected chi connectivity index (χ2v) is 8.32. The summed E-state index contributed by atoms with van der Waals surface area (Å²) in [5.41, 5.74) is 1.42. The zero-order chi connectivity index (χ0) is 20.1. The molecule has 0 aromatic heterocycles. The van der Waals surface area contributed by atoms with Gasteiger partial charge in [0.25, 0.3) is 15.9 Å². The van der Waals surface area contributed by atoms with E-state index in [4.69, 9.17) is 0 Å². The van der Waals surface area contributed by atoms with Gasteiger partial charge in [-0.2, -0.15) is 0 Å². The van der Waals surface area contributed by atoms with Gasteiger partial charge in [0.15, 0.2) is 0 Å². The number of halogens is 1. The van der Waals surface area contributed by atoms with Crippen LogP contribution >= 0.6 is 11.8 Å². The lowest BCUT2D eigenvalue weighted by atomic mass is 10.2. The molecule has 0 saturated heterocycles. The minimum Gasteiger partial charge on any atom is -0.322 e. The Morgan fingerprint density at radius 1 is 0.893 bits per heavy atom. The maximum absolute atomic E-state index is 13.0. The lowest BCUT2D eigenvalue weighted by molar-refractivity contribution is 0.102. The molecule has 0 spiro atoms. The molecule has 3 rings (SSSR count). The highest BCUT2D eigenvalue weighted by Crippen LogP contribution is 2.22. The van der Waals surface area contributed by atoms with Gasteiger partial charge in [-0.05, 0) is 66.9 Å². The van der Waals surface area contributed by atoms with Gasteiger partial charge in [0.05, 0.1) is 10.5 Å². The summed E-state index contributed by atoms with van der Waals surface area (Å²) in [5.74, 6) is -0.758. The zero-order valence-electron chi connectivity index (χ0n) is 14.8. The number of thioether (sulfide) groups is 1. The number of rotatable bonds is 6. The van der Waals surface area contributed by atoms with Gasteiger partial charge in [0, 0.05) is 16.3 Å². The summed E-state index contributed by atoms with van der Waals surface area (Å²) >= 11 is 1.48. The molecule has 3 aromatic rings. The third-order valence-electron chi connectivity index (χ3n) is 3.87. The Morgan fingerprint density at radius 3 is 2.14 bits per heavy atom. The molecule has 5 nitrogen and oxygen atoms in total. The molecule has 0 fully saturated rings. The van der Waals surface area contributed by atoms with Crippen molar-refractivity contribution in [1.82, 2.24) is 0 Å². The predicted octanol–water partition coefficient (Wildman–Crippen LogP) is 4.60. The fourth-order valence-electron chi connectivity index (χ4n) is 2.48. The monoisotopic (exact) mass is 416 g/mol. The van der Waals surface area contributed by atoms with Crippen molar-refractivity contribution < 1.29 is 17.6 Å². The lowest BCUT2D eigenvalue weighted by Gasteiger charge is -2.11. The van der Waals surface area contributed by atoms with E-state index in [1.54, 1.807) is 24.3 Å². The SMILES string of the molecule is CSc1ccccc1C(=O)Nc1ccc(NS(=O)(=O)c2ccc(F)cc2)cc1. The number of benzene rings is 3. The maximum atomic E-state index is 13.0. The smallest absolute Gasteiger partial charge is 0.261 e. The summed E-state index contributed by atoms with van der Waals surface area (Å²) in [7, 11) is -3.82. The average molecular weight is 416 g/mol. The number of hydrogen-bond donors (Lipinski definition) is 2. The van der Waals surface area contributed by atoms with Crippen LogP contribution in [0.2, 0.25) is 0 Å². The number of anilines is 2. The number of nitrogens with one attached hydrogen (secondary N) is 2. The lowest BCUT2D eigenvalue weighted by Crippen LogP contribution is -2.14. The van der Waals surface area contributed by atoms with Crippen LogP contribution in [0, 0.1) is 5.82 Å². The molecule has 0 bridgehead atoms. The van der Waals surface area contributed by atoms with E-state index >= 15 is 0 Å². The minimum absolute atomic E-state index is 0.0417. The Morgan fingerprint density at radius 2 is 1.50 bits per heavy atom. The summed E-state index contributed by atoms with van der Waals surface area (Å²) in [5, 5.41) is 2.79. The minimum atomic E-state index is -3.82. The Balaban J connectivity index is 1.71. The van der Waals surface area contributed by atoms with Gasteiger partial charge in [-0.1, -0.05) is 12.1 Å². The van der Waals surface area contributed by atoms with Crippen molar-refractivity contribution in [3.8, 4) is 0 Å². The third kappa shape index (κ3) is 4.71. The van der Waals surface area contributed by atoms with E-state index in [9.17, 15) is 17.6 Å². The van der Waals surface area contributed by atoms with E-state index in [2.05, 4.69) is 10.0 Å². The zero-order valence-corrected chi connectivity index (χ0v) is 16.5. The first-order valence-electron chi connectivity index (χ1n) is 8.22. The molecule has 0 saturated carbocycles. The molecule has 0 heterocycles. The number of carbonyl (C=O) groups excluding carboxylic acids is 1. The van der Waals surface area contributed by atoms with Crippen LogP contribution in [0.15, 0.2) is 82.6 Å². The van der Waals surface area contributed by atoms with Crippen molar-refractivity contribution >= 4 is 39.1 Å². The van der Waals surface area contributed by atoms with Gasteiger partial charge in [-0.15, -0.1) is 11.8 Å². The molecule has 0 aliphatic rings. The van der Waals surface area contributed by atoms with Gasteiger partial charge >= 0.3 is 0 Å². The van der Waals surface area contributed by atoms with Crippen LogP contribution in [0.5, 0.6) is 0 Å². The summed E-state index contributed by atoms with van der Waals surface area (Å²) < 4.78 is 40.0. The van der Waals surface area contributed by atoms with Gasteiger partial charge in [-0.25, -0.2) is 12.8 Å². The largest absolute Gasteiger partial charge is 0.322 e. The molecule has 28 heavy (non-hydrogen) atoms. The molecule has 0 radical (unpaired) electrons. The molecule has 2 N–H and O–H groups in total. The molecule has 0 unspecified atom stereocenters. The highest BCUT2D eigenvalue weighted by atomic mass is 32.2. The van der Waals surface area contributed by atoms with Gasteiger partial charge < -0.3 is 5.32 Å². The molecule has 8 heteroatoms. The quantitative estimate of drug-likeness (QED) is 0.576. The maximum Gasteiger partial charge on any atom is 0.261 e. The van der Waals surface area contributed by atoms with E-state index < -0.39 is 15.8 Å². The Hall–Kier alpha value is -2.84. The van der Waals surface area contributed by atoms with Crippen molar-refractivity contribution in [1.29, 1.82) is 0 Å². The topological polar surface area (TPSA) is 75.3 Å². The normalized spacial score (nSPS) is 11.1. The van der Waals surface area contributed by atoms with E-state index in [0.29, 0.717) is 16.9 Å². The second kappa shape index (κ2) is 8.45. The van der Waals surface area contributed by atoms with Crippen molar-refractivity contribution in [2.24, 2.45) is 0 Å². The van der Waals surface area contributed by atoms with Crippen LogP contribution in [0.25, 0.3) is 0 Å². The molecular formula is C20H17FN2O3S2. The molecular weight excluding hydrogens is 399 g/mol. The van der Waals surface area contributed by atoms with Crippen LogP contribution in [0.1, 0.15) is 10.4 Å². The van der Waals surface area contributed by atoms with Crippen molar-refractivity contribution in [2.75, 3.05) is 16.3 Å².